The summed E-state index contributed by atoms with van der Waals surface area (Å²) in [5, 5.41) is 3.09. The fourth-order valence-corrected chi connectivity index (χ4v) is 4.26. The molecule has 0 unspecified atom stereocenters. The highest BCUT2D eigenvalue weighted by molar-refractivity contribution is 6.07. The molecule has 1 amide bonds. The summed E-state index contributed by atoms with van der Waals surface area (Å²) >= 11 is 0. The minimum Gasteiger partial charge on any atom is -0.493 e. The zero-order chi connectivity index (χ0) is 19.1. The molecule has 146 valence electrons. The molecule has 3 aliphatic rings. The molecule has 2 aromatic rings. The molecule has 7 heteroatoms. The van der Waals surface area contributed by atoms with Crippen molar-refractivity contribution in [2.45, 2.75) is 31.1 Å². The number of nitrogens with one attached hydrogen (secondary N) is 1. The summed E-state index contributed by atoms with van der Waals surface area (Å²) in [5.41, 5.74) is 1.35. The first-order valence-electron chi connectivity index (χ1n) is 9.87. The molecule has 3 heterocycles. The molecule has 1 aromatic heterocycles. The number of methoxy groups -OCH3 is 1. The van der Waals surface area contributed by atoms with Crippen LogP contribution >= 0.6 is 0 Å². The number of anilines is 2. The molecular weight excluding hydrogens is 356 g/mol. The number of hydrogen-bond donors (Lipinski definition) is 1. The van der Waals surface area contributed by atoms with Crippen molar-refractivity contribution in [3.63, 3.8) is 0 Å². The van der Waals surface area contributed by atoms with Gasteiger partial charge >= 0.3 is 0 Å². The molecule has 1 aliphatic carbocycles. The molecule has 7 nitrogen and oxygen atoms in total. The van der Waals surface area contributed by atoms with E-state index in [1.165, 1.54) is 12.8 Å². The summed E-state index contributed by atoms with van der Waals surface area (Å²) in [6.45, 7) is 2.23. The Hall–Kier alpha value is -2.83. The predicted molar refractivity (Wildman–Crippen MR) is 105 cm³/mol. The highest BCUT2D eigenvalue weighted by Gasteiger charge is 2.49. The van der Waals surface area contributed by atoms with E-state index in [0.29, 0.717) is 24.0 Å². The number of aromatic nitrogens is 2. The van der Waals surface area contributed by atoms with Crippen LogP contribution in [0.3, 0.4) is 0 Å². The van der Waals surface area contributed by atoms with E-state index in [1.807, 2.05) is 12.1 Å². The lowest BCUT2D eigenvalue weighted by Gasteiger charge is -2.38. The number of fused-ring (bicyclic) bond motifs is 2. The van der Waals surface area contributed by atoms with Crippen molar-refractivity contribution in [2.24, 2.45) is 5.92 Å². The van der Waals surface area contributed by atoms with Gasteiger partial charge in [0.2, 0.25) is 5.91 Å². The second-order valence-electron chi connectivity index (χ2n) is 7.89. The first kappa shape index (κ1) is 17.3. The molecular formula is C21H24N4O3. The second-order valence-corrected chi connectivity index (χ2v) is 7.89. The molecule has 1 saturated carbocycles. The molecule has 0 atom stereocenters. The van der Waals surface area contributed by atoms with Crippen LogP contribution in [0.2, 0.25) is 0 Å². The number of piperidine rings is 1. The fourth-order valence-electron chi connectivity index (χ4n) is 4.26. The maximum atomic E-state index is 13.0. The van der Waals surface area contributed by atoms with E-state index in [2.05, 4.69) is 20.2 Å². The molecule has 5 rings (SSSR count). The summed E-state index contributed by atoms with van der Waals surface area (Å²) in [7, 11) is 1.65. The quantitative estimate of drug-likeness (QED) is 0.860. The van der Waals surface area contributed by atoms with Gasteiger partial charge in [0.05, 0.1) is 25.3 Å². The Morgan fingerprint density at radius 2 is 2.04 bits per heavy atom. The standard InChI is InChI=1S/C21H24N4O3/c1-27-17-10-15-16(11-18(17)28-13-14-2-3-14)24-20(26)21(15)4-8-25(9-5-21)19-12-22-6-7-23-19/h6-7,10-12,14H,2-5,8-9,13H2,1H3,(H,24,26). The average molecular weight is 380 g/mol. The average Bonchev–Trinajstić information content (AvgIpc) is 3.53. The summed E-state index contributed by atoms with van der Waals surface area (Å²) < 4.78 is 11.6. The molecule has 28 heavy (non-hydrogen) atoms. The Bertz CT molecular complexity index is 890. The maximum absolute atomic E-state index is 13.0. The van der Waals surface area contributed by atoms with Crippen LogP contribution in [-0.2, 0) is 10.2 Å². The van der Waals surface area contributed by atoms with Crippen LogP contribution in [0.1, 0.15) is 31.2 Å². The third kappa shape index (κ3) is 2.85. The van der Waals surface area contributed by atoms with Gasteiger partial charge in [0, 0.05) is 37.2 Å². The number of rotatable bonds is 5. The largest absolute Gasteiger partial charge is 0.493 e. The van der Waals surface area contributed by atoms with Gasteiger partial charge in [-0.2, -0.15) is 0 Å². The molecule has 1 saturated heterocycles. The molecule has 2 fully saturated rings. The van der Waals surface area contributed by atoms with E-state index in [-0.39, 0.29) is 5.91 Å². The number of hydrogen-bond acceptors (Lipinski definition) is 6. The van der Waals surface area contributed by atoms with E-state index >= 15 is 0 Å². The smallest absolute Gasteiger partial charge is 0.235 e. The van der Waals surface area contributed by atoms with Crippen LogP contribution in [0, 0.1) is 5.92 Å². The molecule has 2 aliphatic heterocycles. The van der Waals surface area contributed by atoms with Gasteiger partial charge in [0.1, 0.15) is 5.82 Å². The second kappa shape index (κ2) is 6.65. The lowest BCUT2D eigenvalue weighted by molar-refractivity contribution is -0.121. The number of benzene rings is 1. The van der Waals surface area contributed by atoms with E-state index in [1.54, 1.807) is 25.7 Å². The Morgan fingerprint density at radius 3 is 2.71 bits per heavy atom. The SMILES string of the molecule is COc1cc2c(cc1OCC1CC1)NC(=O)C21CCN(c2cnccn2)CC1. The molecule has 0 radical (unpaired) electrons. The number of amides is 1. The summed E-state index contributed by atoms with van der Waals surface area (Å²) in [4.78, 5) is 23.7. The van der Waals surface area contributed by atoms with E-state index in [0.717, 1.165) is 43.0 Å². The van der Waals surface area contributed by atoms with Crippen LogP contribution in [0.15, 0.2) is 30.7 Å². The van der Waals surface area contributed by atoms with Gasteiger partial charge in [0.25, 0.3) is 0 Å². The summed E-state index contributed by atoms with van der Waals surface area (Å²) in [5.74, 6) is 3.00. The molecule has 1 N–H and O–H groups in total. The Labute approximate surface area is 164 Å². The number of carbonyl (C=O) groups is 1. The normalized spacial score (nSPS) is 20.0. The van der Waals surface area contributed by atoms with Crippen LogP contribution in [-0.4, -0.2) is 42.7 Å². The van der Waals surface area contributed by atoms with Gasteiger partial charge < -0.3 is 19.7 Å². The summed E-state index contributed by atoms with van der Waals surface area (Å²) in [6, 6.07) is 3.92. The zero-order valence-electron chi connectivity index (χ0n) is 16.0. The third-order valence-electron chi connectivity index (χ3n) is 6.16. The minimum atomic E-state index is -0.518. The highest BCUT2D eigenvalue weighted by atomic mass is 16.5. The monoisotopic (exact) mass is 380 g/mol. The van der Waals surface area contributed by atoms with E-state index in [9.17, 15) is 4.79 Å². The van der Waals surface area contributed by atoms with Crippen LogP contribution in [0.5, 0.6) is 11.5 Å². The first-order chi connectivity index (χ1) is 13.7. The topological polar surface area (TPSA) is 76.6 Å². The predicted octanol–water partition coefficient (Wildman–Crippen LogP) is 2.76. The Morgan fingerprint density at radius 1 is 1.21 bits per heavy atom. The van der Waals surface area contributed by atoms with Crippen molar-refractivity contribution in [3.8, 4) is 11.5 Å². The van der Waals surface area contributed by atoms with Gasteiger partial charge in [0.15, 0.2) is 11.5 Å². The number of nitrogens with zero attached hydrogens (tertiary/aromatic N) is 3. The maximum Gasteiger partial charge on any atom is 0.235 e. The zero-order valence-corrected chi connectivity index (χ0v) is 16.0. The van der Waals surface area contributed by atoms with Crippen molar-refractivity contribution in [1.29, 1.82) is 0 Å². The van der Waals surface area contributed by atoms with Crippen molar-refractivity contribution < 1.29 is 14.3 Å². The van der Waals surface area contributed by atoms with Crippen molar-refractivity contribution >= 4 is 17.4 Å². The van der Waals surface area contributed by atoms with Crippen molar-refractivity contribution in [3.05, 3.63) is 36.3 Å². The first-order valence-corrected chi connectivity index (χ1v) is 9.87. The summed E-state index contributed by atoms with van der Waals surface area (Å²) in [6.07, 6.45) is 9.07. The van der Waals surface area contributed by atoms with Crippen molar-refractivity contribution in [1.82, 2.24) is 9.97 Å². The van der Waals surface area contributed by atoms with Gasteiger partial charge in [-0.25, -0.2) is 4.98 Å². The highest BCUT2D eigenvalue weighted by Crippen LogP contribution is 2.49. The number of ether oxygens (including phenoxy) is 2. The van der Waals surface area contributed by atoms with Gasteiger partial charge in [-0.05, 0) is 43.2 Å². The lowest BCUT2D eigenvalue weighted by atomic mass is 9.73. The molecule has 1 aromatic carbocycles. The number of carbonyl (C=O) groups excluding carboxylic acids is 1. The fraction of sp³-hybridized carbons (Fsp3) is 0.476. The van der Waals surface area contributed by atoms with Crippen molar-refractivity contribution in [2.75, 3.05) is 37.0 Å². The Balaban J connectivity index is 1.41. The Kier molecular flexibility index (Phi) is 4.10. The van der Waals surface area contributed by atoms with Gasteiger partial charge in [-0.1, -0.05) is 0 Å². The van der Waals surface area contributed by atoms with Crippen LogP contribution in [0.25, 0.3) is 0 Å². The molecule has 1 spiro atoms. The van der Waals surface area contributed by atoms with Crippen LogP contribution < -0.4 is 19.7 Å². The van der Waals surface area contributed by atoms with Crippen LogP contribution in [0.4, 0.5) is 11.5 Å². The third-order valence-corrected chi connectivity index (χ3v) is 6.16. The van der Waals surface area contributed by atoms with E-state index in [4.69, 9.17) is 9.47 Å². The molecule has 0 bridgehead atoms. The lowest BCUT2D eigenvalue weighted by Crippen LogP contribution is -2.46. The van der Waals surface area contributed by atoms with Gasteiger partial charge in [-0.3, -0.25) is 9.78 Å². The van der Waals surface area contributed by atoms with Gasteiger partial charge in [-0.15, -0.1) is 0 Å². The van der Waals surface area contributed by atoms with E-state index < -0.39 is 5.41 Å². The minimum absolute atomic E-state index is 0.0719.